The number of esters is 2. The summed E-state index contributed by atoms with van der Waals surface area (Å²) in [7, 11) is 0. The van der Waals surface area contributed by atoms with Crippen LogP contribution < -0.4 is 5.32 Å². The number of amides is 1. The molecule has 0 radical (unpaired) electrons. The Kier molecular flexibility index (Phi) is 10.1. The number of carbonyl (C=O) groups is 4. The van der Waals surface area contributed by atoms with E-state index in [2.05, 4.69) is 5.32 Å². The quantitative estimate of drug-likeness (QED) is 0.312. The van der Waals surface area contributed by atoms with Crippen LogP contribution in [0.4, 0.5) is 10.5 Å². The Labute approximate surface area is 194 Å². The normalized spacial score (nSPS) is 12.8. The number of carboxylic acid groups (broad SMARTS) is 1. The Morgan fingerprint density at radius 1 is 1.15 bits per heavy atom. The number of hydrogen-bond acceptors (Lipinski definition) is 7. The lowest BCUT2D eigenvalue weighted by atomic mass is 9.96. The van der Waals surface area contributed by atoms with Gasteiger partial charge in [0.15, 0.2) is 0 Å². The highest BCUT2D eigenvalue weighted by Crippen LogP contribution is 2.27. The van der Waals surface area contributed by atoms with Gasteiger partial charge in [0.25, 0.3) is 0 Å². The third kappa shape index (κ3) is 9.76. The van der Waals surface area contributed by atoms with Crippen LogP contribution in [-0.2, 0) is 28.6 Å². The molecule has 2 N–H and O–H groups in total. The van der Waals surface area contributed by atoms with E-state index < -0.39 is 42.1 Å². The van der Waals surface area contributed by atoms with E-state index in [0.717, 1.165) is 0 Å². The molecule has 0 heterocycles. The molecule has 0 bridgehead atoms. The number of ether oxygens (including phenoxy) is 3. The molecule has 9 heteroatoms. The number of benzene rings is 1. The van der Waals surface area contributed by atoms with Crippen molar-refractivity contribution in [1.82, 2.24) is 0 Å². The topological polar surface area (TPSA) is 128 Å². The van der Waals surface area contributed by atoms with Crippen LogP contribution in [0.15, 0.2) is 23.8 Å². The lowest BCUT2D eigenvalue weighted by Gasteiger charge is -2.21. The smallest absolute Gasteiger partial charge is 0.412 e. The number of carbonyl (C=O) groups excluding carboxylic acids is 3. The number of aryl methyl sites for hydroxylation is 1. The van der Waals surface area contributed by atoms with Crippen molar-refractivity contribution >= 4 is 35.3 Å². The van der Waals surface area contributed by atoms with Gasteiger partial charge in [-0.15, -0.1) is 0 Å². The summed E-state index contributed by atoms with van der Waals surface area (Å²) in [5, 5.41) is 12.0. The summed E-state index contributed by atoms with van der Waals surface area (Å²) in [6.45, 7) is 11.4. The van der Waals surface area contributed by atoms with E-state index in [1.165, 1.54) is 6.92 Å². The molecule has 0 saturated heterocycles. The fraction of sp³-hybridized carbons (Fsp3) is 0.500. The van der Waals surface area contributed by atoms with Gasteiger partial charge in [-0.1, -0.05) is 13.0 Å². The Morgan fingerprint density at radius 2 is 1.79 bits per heavy atom. The molecule has 0 saturated carbocycles. The van der Waals surface area contributed by atoms with Gasteiger partial charge in [0.1, 0.15) is 12.2 Å². The van der Waals surface area contributed by atoms with Gasteiger partial charge in [0, 0.05) is 18.2 Å². The number of anilines is 1. The van der Waals surface area contributed by atoms with Crippen molar-refractivity contribution < 1.29 is 38.5 Å². The van der Waals surface area contributed by atoms with E-state index in [0.29, 0.717) is 23.2 Å². The second-order valence-corrected chi connectivity index (χ2v) is 8.59. The molecule has 1 atom stereocenters. The Hall–Kier alpha value is -3.36. The monoisotopic (exact) mass is 463 g/mol. The molecule has 182 valence electrons. The minimum Gasteiger partial charge on any atom is -0.481 e. The Bertz CT molecular complexity index is 927. The summed E-state index contributed by atoms with van der Waals surface area (Å²) in [5.41, 5.74) is 0.995. The number of hydrogen-bond donors (Lipinski definition) is 2. The fourth-order valence-electron chi connectivity index (χ4n) is 2.71. The van der Waals surface area contributed by atoms with Crippen molar-refractivity contribution in [2.45, 2.75) is 73.0 Å². The average molecular weight is 464 g/mol. The van der Waals surface area contributed by atoms with Gasteiger partial charge in [-0.2, -0.15) is 0 Å². The van der Waals surface area contributed by atoms with Crippen LogP contribution in [0.5, 0.6) is 0 Å². The molecule has 33 heavy (non-hydrogen) atoms. The number of carboxylic acids is 1. The fourth-order valence-corrected chi connectivity index (χ4v) is 2.71. The molecule has 0 aliphatic carbocycles. The van der Waals surface area contributed by atoms with Gasteiger partial charge in [0.05, 0.1) is 18.1 Å². The molecule has 0 spiro atoms. The van der Waals surface area contributed by atoms with Crippen LogP contribution in [0.25, 0.3) is 5.57 Å². The molecule has 1 amide bonds. The first-order valence-electron chi connectivity index (χ1n) is 10.6. The summed E-state index contributed by atoms with van der Waals surface area (Å²) in [4.78, 5) is 47.8. The zero-order valence-electron chi connectivity index (χ0n) is 20.2. The zero-order chi connectivity index (χ0) is 25.3. The van der Waals surface area contributed by atoms with Gasteiger partial charge >= 0.3 is 24.0 Å². The lowest BCUT2D eigenvalue weighted by molar-refractivity contribution is -0.146. The largest absolute Gasteiger partial charge is 0.481 e. The lowest BCUT2D eigenvalue weighted by Crippen LogP contribution is -2.27. The van der Waals surface area contributed by atoms with E-state index in [1.807, 2.05) is 6.92 Å². The minimum absolute atomic E-state index is 0.115. The first-order valence-corrected chi connectivity index (χ1v) is 10.6. The number of nitrogens with one attached hydrogen (secondary N) is 1. The first kappa shape index (κ1) is 27.7. The molecule has 0 fully saturated rings. The number of aliphatic carboxylic acids is 1. The predicted molar refractivity (Wildman–Crippen MR) is 123 cm³/mol. The van der Waals surface area contributed by atoms with Gasteiger partial charge < -0.3 is 19.3 Å². The van der Waals surface area contributed by atoms with E-state index in [4.69, 9.17) is 14.2 Å². The standard InChI is InChI=1S/C24H33NO8/c1-8-15(3)32-22(29)18(12-21(27)28)19(13-31-16(4)26)17-9-10-20(14(2)11-17)25-23(30)33-24(5,6)7/h9-11,15H,8,12-13H2,1-7H3,(H,25,30)(H,27,28). The van der Waals surface area contributed by atoms with Gasteiger partial charge in [0.2, 0.25) is 0 Å². The number of rotatable bonds is 9. The third-order valence-corrected chi connectivity index (χ3v) is 4.45. The molecule has 9 nitrogen and oxygen atoms in total. The molecule has 0 aliphatic rings. The first-order chi connectivity index (χ1) is 15.2. The zero-order valence-corrected chi connectivity index (χ0v) is 20.2. The van der Waals surface area contributed by atoms with Crippen molar-refractivity contribution in [3.8, 4) is 0 Å². The van der Waals surface area contributed by atoms with Crippen molar-refractivity contribution in [2.75, 3.05) is 11.9 Å². The van der Waals surface area contributed by atoms with Crippen molar-refractivity contribution in [3.05, 3.63) is 34.9 Å². The van der Waals surface area contributed by atoms with Crippen LogP contribution in [0.1, 0.15) is 65.5 Å². The third-order valence-electron chi connectivity index (χ3n) is 4.45. The molecule has 1 unspecified atom stereocenters. The van der Waals surface area contributed by atoms with E-state index in [9.17, 15) is 24.3 Å². The van der Waals surface area contributed by atoms with Gasteiger partial charge in [-0.05, 0) is 64.3 Å². The molecule has 1 rings (SSSR count). The maximum absolute atomic E-state index is 12.8. The van der Waals surface area contributed by atoms with Gasteiger partial charge in [-0.25, -0.2) is 9.59 Å². The predicted octanol–water partition coefficient (Wildman–Crippen LogP) is 4.48. The SMILES string of the molecule is CCC(C)OC(=O)C(CC(=O)O)=C(COC(C)=O)c1ccc(NC(=O)OC(C)(C)C)c(C)c1. The van der Waals surface area contributed by atoms with Crippen LogP contribution in [0.2, 0.25) is 0 Å². The van der Waals surface area contributed by atoms with Crippen LogP contribution in [-0.4, -0.2) is 47.4 Å². The molecule has 1 aromatic rings. The van der Waals surface area contributed by atoms with E-state index >= 15 is 0 Å². The second-order valence-electron chi connectivity index (χ2n) is 8.59. The van der Waals surface area contributed by atoms with Crippen LogP contribution >= 0.6 is 0 Å². The van der Waals surface area contributed by atoms with E-state index in [1.54, 1.807) is 52.8 Å². The Morgan fingerprint density at radius 3 is 2.27 bits per heavy atom. The summed E-state index contributed by atoms with van der Waals surface area (Å²) in [5.74, 6) is -2.61. The second kappa shape index (κ2) is 12.0. The average Bonchev–Trinajstić information content (AvgIpc) is 2.67. The minimum atomic E-state index is -1.23. The summed E-state index contributed by atoms with van der Waals surface area (Å²) in [6, 6.07) is 4.85. The summed E-state index contributed by atoms with van der Waals surface area (Å²) < 4.78 is 15.7. The molecule has 0 aliphatic heterocycles. The molecule has 0 aromatic heterocycles. The highest BCUT2D eigenvalue weighted by Gasteiger charge is 2.24. The maximum atomic E-state index is 12.8. The summed E-state index contributed by atoms with van der Waals surface area (Å²) in [6.07, 6.45) is -1.10. The highest BCUT2D eigenvalue weighted by atomic mass is 16.6. The molecular formula is C24H33NO8. The molecular weight excluding hydrogens is 430 g/mol. The Balaban J connectivity index is 3.44. The van der Waals surface area contributed by atoms with Crippen molar-refractivity contribution in [3.63, 3.8) is 0 Å². The summed E-state index contributed by atoms with van der Waals surface area (Å²) >= 11 is 0. The van der Waals surface area contributed by atoms with Crippen molar-refractivity contribution in [2.24, 2.45) is 0 Å². The van der Waals surface area contributed by atoms with Crippen molar-refractivity contribution in [1.29, 1.82) is 0 Å². The maximum Gasteiger partial charge on any atom is 0.412 e. The van der Waals surface area contributed by atoms with Gasteiger partial charge in [-0.3, -0.25) is 14.9 Å². The van der Waals surface area contributed by atoms with Crippen LogP contribution in [0.3, 0.4) is 0 Å². The van der Waals surface area contributed by atoms with Crippen LogP contribution in [0, 0.1) is 6.92 Å². The molecule has 1 aromatic carbocycles. The van der Waals surface area contributed by atoms with E-state index in [-0.39, 0.29) is 17.8 Å². The highest BCUT2D eigenvalue weighted by molar-refractivity contribution is 6.02.